The van der Waals surface area contributed by atoms with Gasteiger partial charge in [0.15, 0.2) is 5.16 Å². The summed E-state index contributed by atoms with van der Waals surface area (Å²) >= 11 is 1.54. The number of H-pyrrole nitrogens is 1. The van der Waals surface area contributed by atoms with Gasteiger partial charge in [0.25, 0.3) is 5.56 Å². The van der Waals surface area contributed by atoms with Gasteiger partial charge in [0.2, 0.25) is 0 Å². The summed E-state index contributed by atoms with van der Waals surface area (Å²) < 4.78 is 0. The van der Waals surface area contributed by atoms with E-state index >= 15 is 0 Å². The molecule has 0 fully saturated rings. The average Bonchev–Trinajstić information content (AvgIpc) is 2.39. The monoisotopic (exact) mass is 258 g/mol. The average molecular weight is 258 g/mol. The fraction of sp³-hybridized carbons (Fsp3) is 0.143. The molecular formula is C14H14N2OS. The van der Waals surface area contributed by atoms with Crippen molar-refractivity contribution in [1.29, 1.82) is 0 Å². The van der Waals surface area contributed by atoms with Gasteiger partial charge in [-0.15, -0.1) is 6.58 Å². The maximum atomic E-state index is 11.2. The van der Waals surface area contributed by atoms with Crippen molar-refractivity contribution < 1.29 is 0 Å². The number of hydrogen-bond donors (Lipinski definition) is 1. The number of hydrogen-bond acceptors (Lipinski definition) is 3. The number of rotatable bonds is 5. The van der Waals surface area contributed by atoms with E-state index in [1.54, 1.807) is 11.8 Å². The molecule has 3 nitrogen and oxygen atoms in total. The lowest BCUT2D eigenvalue weighted by atomic mass is 10.1. The molecule has 0 saturated heterocycles. The van der Waals surface area contributed by atoms with Crippen LogP contribution < -0.4 is 5.56 Å². The molecule has 0 aliphatic rings. The first-order chi connectivity index (χ1) is 8.79. The van der Waals surface area contributed by atoms with E-state index in [0.717, 1.165) is 6.42 Å². The van der Waals surface area contributed by atoms with Crippen LogP contribution in [-0.2, 0) is 0 Å². The number of benzene rings is 1. The molecule has 92 valence electrons. The topological polar surface area (TPSA) is 45.8 Å². The summed E-state index contributed by atoms with van der Waals surface area (Å²) in [6, 6.07) is 11.6. The van der Waals surface area contributed by atoms with Crippen LogP contribution in [0.4, 0.5) is 0 Å². The Bertz CT molecular complexity index is 565. The van der Waals surface area contributed by atoms with Crippen LogP contribution in [0.2, 0.25) is 0 Å². The summed E-state index contributed by atoms with van der Waals surface area (Å²) in [5.74, 6) is 0. The third kappa shape index (κ3) is 3.34. The van der Waals surface area contributed by atoms with E-state index in [0.29, 0.717) is 5.16 Å². The minimum atomic E-state index is -0.127. The fourth-order valence-electron chi connectivity index (χ4n) is 1.62. The van der Waals surface area contributed by atoms with Gasteiger partial charge in [-0.25, -0.2) is 4.98 Å². The number of allylic oxidation sites excluding steroid dienone is 1. The van der Waals surface area contributed by atoms with E-state index < -0.39 is 0 Å². The van der Waals surface area contributed by atoms with Gasteiger partial charge in [-0.3, -0.25) is 4.79 Å². The lowest BCUT2D eigenvalue weighted by Gasteiger charge is -2.13. The van der Waals surface area contributed by atoms with Gasteiger partial charge in [0, 0.05) is 17.5 Å². The summed E-state index contributed by atoms with van der Waals surface area (Å²) in [7, 11) is 0. The Morgan fingerprint density at radius 3 is 2.78 bits per heavy atom. The normalized spacial score (nSPS) is 12.0. The molecule has 0 aliphatic heterocycles. The van der Waals surface area contributed by atoms with Gasteiger partial charge in [-0.05, 0) is 12.0 Å². The van der Waals surface area contributed by atoms with Gasteiger partial charge >= 0.3 is 0 Å². The van der Waals surface area contributed by atoms with Gasteiger partial charge in [0.1, 0.15) is 0 Å². The molecule has 2 aromatic rings. The predicted molar refractivity (Wildman–Crippen MR) is 74.7 cm³/mol. The molecule has 0 bridgehead atoms. The zero-order valence-electron chi connectivity index (χ0n) is 9.87. The zero-order valence-corrected chi connectivity index (χ0v) is 10.7. The molecule has 0 aliphatic carbocycles. The molecule has 0 saturated carbocycles. The van der Waals surface area contributed by atoms with Crippen molar-refractivity contribution in [1.82, 2.24) is 9.97 Å². The van der Waals surface area contributed by atoms with Gasteiger partial charge in [-0.1, -0.05) is 48.2 Å². The number of aromatic nitrogens is 2. The lowest BCUT2D eigenvalue weighted by molar-refractivity contribution is 0.906. The van der Waals surface area contributed by atoms with Crippen molar-refractivity contribution in [2.75, 3.05) is 0 Å². The van der Waals surface area contributed by atoms with Gasteiger partial charge in [0.05, 0.1) is 0 Å². The largest absolute Gasteiger partial charge is 0.301 e. The molecule has 4 heteroatoms. The first kappa shape index (κ1) is 12.6. The van der Waals surface area contributed by atoms with E-state index in [9.17, 15) is 4.79 Å². The Labute approximate surface area is 110 Å². The van der Waals surface area contributed by atoms with Crippen molar-refractivity contribution in [3.8, 4) is 0 Å². The summed E-state index contributed by atoms with van der Waals surface area (Å²) in [5, 5.41) is 0.854. The summed E-state index contributed by atoms with van der Waals surface area (Å²) in [5.41, 5.74) is 1.08. The number of thioether (sulfide) groups is 1. The highest BCUT2D eigenvalue weighted by atomic mass is 32.2. The van der Waals surface area contributed by atoms with Crippen LogP contribution >= 0.6 is 11.8 Å². The molecule has 18 heavy (non-hydrogen) atoms. The third-order valence-electron chi connectivity index (χ3n) is 2.45. The Morgan fingerprint density at radius 2 is 2.11 bits per heavy atom. The molecule has 0 radical (unpaired) electrons. The summed E-state index contributed by atoms with van der Waals surface area (Å²) in [6.07, 6.45) is 4.23. The molecule has 1 atom stereocenters. The zero-order chi connectivity index (χ0) is 12.8. The summed E-state index contributed by atoms with van der Waals surface area (Å²) in [4.78, 5) is 18.1. The first-order valence-electron chi connectivity index (χ1n) is 5.67. The molecular weight excluding hydrogens is 244 g/mol. The Kier molecular flexibility index (Phi) is 4.36. The quantitative estimate of drug-likeness (QED) is 0.509. The molecule has 1 aromatic heterocycles. The molecule has 1 N–H and O–H groups in total. The van der Waals surface area contributed by atoms with Crippen LogP contribution in [-0.4, -0.2) is 9.97 Å². The smallest absolute Gasteiger partial charge is 0.251 e. The highest BCUT2D eigenvalue weighted by molar-refractivity contribution is 7.99. The molecule has 2 rings (SSSR count). The van der Waals surface area contributed by atoms with E-state index in [4.69, 9.17) is 0 Å². The number of aromatic amines is 1. The van der Waals surface area contributed by atoms with Crippen LogP contribution in [0.25, 0.3) is 0 Å². The number of nitrogens with one attached hydrogen (secondary N) is 1. The Balaban J connectivity index is 2.21. The molecule has 1 heterocycles. The predicted octanol–water partition coefficient (Wildman–Crippen LogP) is 3.18. The molecule has 0 spiro atoms. The SMILES string of the molecule is C=CCC(Sc1nccc(=O)[nH]1)c1ccccc1. The minimum absolute atomic E-state index is 0.127. The van der Waals surface area contributed by atoms with Crippen molar-refractivity contribution in [3.63, 3.8) is 0 Å². The molecule has 1 unspecified atom stereocenters. The second kappa shape index (κ2) is 6.21. The van der Waals surface area contributed by atoms with E-state index in [-0.39, 0.29) is 10.8 Å². The maximum Gasteiger partial charge on any atom is 0.251 e. The fourth-order valence-corrected chi connectivity index (χ4v) is 2.69. The van der Waals surface area contributed by atoms with Crippen LogP contribution in [0.3, 0.4) is 0 Å². The van der Waals surface area contributed by atoms with Crippen LogP contribution in [0.1, 0.15) is 17.2 Å². The lowest BCUT2D eigenvalue weighted by Crippen LogP contribution is -2.06. The second-order valence-electron chi connectivity index (χ2n) is 3.78. The summed E-state index contributed by atoms with van der Waals surface area (Å²) in [6.45, 7) is 3.78. The Morgan fingerprint density at radius 1 is 1.33 bits per heavy atom. The van der Waals surface area contributed by atoms with E-state index in [1.165, 1.54) is 17.8 Å². The molecule has 1 aromatic carbocycles. The van der Waals surface area contributed by atoms with Crippen molar-refractivity contribution in [3.05, 3.63) is 71.2 Å². The maximum absolute atomic E-state index is 11.2. The van der Waals surface area contributed by atoms with E-state index in [1.807, 2.05) is 24.3 Å². The first-order valence-corrected chi connectivity index (χ1v) is 6.55. The second-order valence-corrected chi connectivity index (χ2v) is 4.97. The van der Waals surface area contributed by atoms with Gasteiger partial charge in [-0.2, -0.15) is 0 Å². The highest BCUT2D eigenvalue weighted by Crippen LogP contribution is 2.35. The van der Waals surface area contributed by atoms with Crippen LogP contribution in [0.5, 0.6) is 0 Å². The highest BCUT2D eigenvalue weighted by Gasteiger charge is 2.12. The van der Waals surface area contributed by atoms with Crippen LogP contribution in [0, 0.1) is 0 Å². The Hall–Kier alpha value is -1.81. The standard InChI is InChI=1S/C14H14N2OS/c1-2-6-12(11-7-4-3-5-8-11)18-14-15-10-9-13(17)16-14/h2-5,7-10,12H,1,6H2,(H,15,16,17). The van der Waals surface area contributed by atoms with Crippen molar-refractivity contribution in [2.24, 2.45) is 0 Å². The van der Waals surface area contributed by atoms with E-state index in [2.05, 4.69) is 28.7 Å². The minimum Gasteiger partial charge on any atom is -0.301 e. The van der Waals surface area contributed by atoms with Gasteiger partial charge < -0.3 is 4.98 Å². The van der Waals surface area contributed by atoms with Crippen LogP contribution in [0.15, 0.2) is 65.2 Å². The van der Waals surface area contributed by atoms with Crippen molar-refractivity contribution >= 4 is 11.8 Å². The van der Waals surface area contributed by atoms with Crippen molar-refractivity contribution in [2.45, 2.75) is 16.8 Å². The molecule has 0 amide bonds. The third-order valence-corrected chi connectivity index (χ3v) is 3.63. The number of nitrogens with zero attached hydrogens (tertiary/aromatic N) is 1.